The van der Waals surface area contributed by atoms with Crippen LogP contribution in [-0.2, 0) is 6.61 Å². The minimum Gasteiger partial charge on any atom is -0.392 e. The molecule has 6 nitrogen and oxygen atoms in total. The summed E-state index contributed by atoms with van der Waals surface area (Å²) in [7, 11) is 0. The van der Waals surface area contributed by atoms with E-state index < -0.39 is 0 Å². The number of nitrogens with zero attached hydrogens (tertiary/aromatic N) is 4. The highest BCUT2D eigenvalue weighted by Gasteiger charge is 2.12. The van der Waals surface area contributed by atoms with Gasteiger partial charge in [0.05, 0.1) is 50.5 Å². The Labute approximate surface area is 203 Å². The van der Waals surface area contributed by atoms with Crippen LogP contribution in [0.25, 0.3) is 22.5 Å². The Morgan fingerprint density at radius 2 is 1.25 bits per heavy atom. The van der Waals surface area contributed by atoms with Crippen LogP contribution in [-0.4, -0.2) is 31.3 Å². The maximum Gasteiger partial charge on any atom is 0.151 e. The highest BCUT2D eigenvalue weighted by atomic mass is 35.5. The molecule has 0 amide bonds. The molecule has 0 fully saturated rings. The molecule has 0 aliphatic carbocycles. The van der Waals surface area contributed by atoms with Gasteiger partial charge in [0.15, 0.2) is 6.29 Å². The highest BCUT2D eigenvalue weighted by Crippen LogP contribution is 2.35. The van der Waals surface area contributed by atoms with Gasteiger partial charge in [-0.15, -0.1) is 0 Å². The van der Waals surface area contributed by atoms with E-state index in [2.05, 4.69) is 19.9 Å². The second kappa shape index (κ2) is 11.3. The zero-order chi connectivity index (χ0) is 23.1. The van der Waals surface area contributed by atoms with E-state index in [-0.39, 0.29) is 11.6 Å². The van der Waals surface area contributed by atoms with Crippen LogP contribution < -0.4 is 0 Å². The fourth-order valence-corrected chi connectivity index (χ4v) is 3.62. The van der Waals surface area contributed by atoms with Gasteiger partial charge in [0.1, 0.15) is 0 Å². The van der Waals surface area contributed by atoms with E-state index in [1.165, 1.54) is 0 Å². The van der Waals surface area contributed by atoms with Crippen LogP contribution >= 0.6 is 46.4 Å². The lowest BCUT2D eigenvalue weighted by atomic mass is 10.1. The number of aldehydes is 1. The van der Waals surface area contributed by atoms with Gasteiger partial charge in [-0.3, -0.25) is 24.7 Å². The highest BCUT2D eigenvalue weighted by molar-refractivity contribution is 6.45. The third-order valence-corrected chi connectivity index (χ3v) is 6.07. The first kappa shape index (κ1) is 24.0. The minimum atomic E-state index is -0.140. The lowest BCUT2D eigenvalue weighted by molar-refractivity contribution is 0.112. The van der Waals surface area contributed by atoms with Crippen molar-refractivity contribution in [1.29, 1.82) is 0 Å². The van der Waals surface area contributed by atoms with Crippen molar-refractivity contribution < 1.29 is 9.90 Å². The van der Waals surface area contributed by atoms with Crippen LogP contribution in [0.5, 0.6) is 0 Å². The molecule has 2 aromatic carbocycles. The van der Waals surface area contributed by atoms with Crippen LogP contribution in [0.2, 0.25) is 20.1 Å². The number of carbonyl (C=O) groups excluding carboxylic acids is 1. The van der Waals surface area contributed by atoms with E-state index in [1.54, 1.807) is 61.4 Å². The summed E-state index contributed by atoms with van der Waals surface area (Å²) in [5, 5.41) is 10.3. The van der Waals surface area contributed by atoms with Gasteiger partial charge in [0, 0.05) is 41.5 Å². The van der Waals surface area contributed by atoms with Crippen LogP contribution in [0, 0.1) is 0 Å². The number of rotatable bonds is 4. The fourth-order valence-electron chi connectivity index (χ4n) is 2.64. The van der Waals surface area contributed by atoms with Crippen molar-refractivity contribution in [3.63, 3.8) is 0 Å². The van der Waals surface area contributed by atoms with E-state index in [0.29, 0.717) is 55.0 Å². The second-order valence-electron chi connectivity index (χ2n) is 6.19. The lowest BCUT2D eigenvalue weighted by Gasteiger charge is -2.07. The number of halogens is 4. The number of aliphatic hydroxyl groups is 1. The van der Waals surface area contributed by atoms with Gasteiger partial charge >= 0.3 is 0 Å². The monoisotopic (exact) mass is 506 g/mol. The van der Waals surface area contributed by atoms with Gasteiger partial charge < -0.3 is 5.11 Å². The van der Waals surface area contributed by atoms with E-state index in [4.69, 9.17) is 51.5 Å². The molecule has 0 aliphatic rings. The summed E-state index contributed by atoms with van der Waals surface area (Å²) >= 11 is 24.1. The van der Waals surface area contributed by atoms with Gasteiger partial charge in [-0.1, -0.05) is 64.6 Å². The standard InChI is InChI=1S/C11H8Cl2N2O.C11H6Cl2N2O/c2*12-10-7(6-16)1-2-8(11(10)13)9-5-14-3-4-15-9/h1-5,16H,6H2;1-6H. The third kappa shape index (κ3) is 5.41. The first-order valence-electron chi connectivity index (χ1n) is 9.01. The van der Waals surface area contributed by atoms with Crippen LogP contribution in [0.3, 0.4) is 0 Å². The molecule has 2 aromatic heterocycles. The maximum atomic E-state index is 10.7. The Hall–Kier alpha value is -2.61. The molecule has 10 heteroatoms. The zero-order valence-electron chi connectivity index (χ0n) is 16.2. The van der Waals surface area contributed by atoms with E-state index >= 15 is 0 Å². The molecule has 0 spiro atoms. The summed E-state index contributed by atoms with van der Waals surface area (Å²) in [5.41, 5.74) is 3.59. The third-order valence-electron chi connectivity index (χ3n) is 4.25. The fraction of sp³-hybridized carbons (Fsp3) is 0.0455. The zero-order valence-corrected chi connectivity index (χ0v) is 19.2. The first-order chi connectivity index (χ1) is 15.5. The van der Waals surface area contributed by atoms with E-state index in [1.807, 2.05) is 0 Å². The van der Waals surface area contributed by atoms with Crippen molar-refractivity contribution in [3.05, 3.63) is 92.7 Å². The number of hydrogen-bond donors (Lipinski definition) is 1. The van der Waals surface area contributed by atoms with Gasteiger partial charge in [0.25, 0.3) is 0 Å². The SMILES string of the molecule is O=Cc1ccc(-c2cnccn2)c(Cl)c1Cl.OCc1ccc(-c2cnccn2)c(Cl)c1Cl. The van der Waals surface area contributed by atoms with Crippen molar-refractivity contribution in [2.24, 2.45) is 0 Å². The number of aromatic nitrogens is 4. The predicted octanol–water partition coefficient (Wildman–Crippen LogP) is 6.21. The molecule has 0 unspecified atom stereocenters. The molecule has 32 heavy (non-hydrogen) atoms. The Morgan fingerprint density at radius 3 is 1.72 bits per heavy atom. The molecule has 0 saturated heterocycles. The predicted molar refractivity (Wildman–Crippen MR) is 126 cm³/mol. The largest absolute Gasteiger partial charge is 0.392 e. The number of hydrogen-bond acceptors (Lipinski definition) is 6. The summed E-state index contributed by atoms with van der Waals surface area (Å²) in [6.07, 6.45) is 10.1. The number of aliphatic hydroxyl groups excluding tert-OH is 1. The summed E-state index contributed by atoms with van der Waals surface area (Å²) in [4.78, 5) is 26.8. The summed E-state index contributed by atoms with van der Waals surface area (Å²) < 4.78 is 0. The summed E-state index contributed by atoms with van der Waals surface area (Å²) in [5.74, 6) is 0. The molecule has 4 rings (SSSR count). The average Bonchev–Trinajstić information content (AvgIpc) is 2.84. The Kier molecular flexibility index (Phi) is 8.50. The Balaban J connectivity index is 0.000000181. The molecule has 0 radical (unpaired) electrons. The lowest BCUT2D eigenvalue weighted by Crippen LogP contribution is -1.90. The van der Waals surface area contributed by atoms with Crippen molar-refractivity contribution in [2.45, 2.75) is 6.61 Å². The molecule has 0 aliphatic heterocycles. The van der Waals surface area contributed by atoms with Gasteiger partial charge in [0.2, 0.25) is 0 Å². The molecule has 162 valence electrons. The van der Waals surface area contributed by atoms with Gasteiger partial charge in [-0.05, 0) is 11.6 Å². The van der Waals surface area contributed by atoms with Crippen molar-refractivity contribution in [1.82, 2.24) is 19.9 Å². The van der Waals surface area contributed by atoms with Crippen molar-refractivity contribution in [2.75, 3.05) is 0 Å². The van der Waals surface area contributed by atoms with E-state index in [9.17, 15) is 4.79 Å². The number of benzene rings is 2. The topological polar surface area (TPSA) is 88.9 Å². The molecular formula is C22H14Cl4N4O2. The second-order valence-corrected chi connectivity index (χ2v) is 7.70. The molecular weight excluding hydrogens is 494 g/mol. The average molecular weight is 508 g/mol. The molecule has 2 heterocycles. The molecule has 0 bridgehead atoms. The van der Waals surface area contributed by atoms with E-state index in [0.717, 1.165) is 0 Å². The van der Waals surface area contributed by atoms with Crippen LogP contribution in [0.1, 0.15) is 15.9 Å². The Morgan fingerprint density at radius 1 is 0.719 bits per heavy atom. The first-order valence-corrected chi connectivity index (χ1v) is 10.5. The smallest absolute Gasteiger partial charge is 0.151 e. The van der Waals surface area contributed by atoms with Crippen LogP contribution in [0.4, 0.5) is 0 Å². The summed E-state index contributed by atoms with van der Waals surface area (Å²) in [6, 6.07) is 6.79. The minimum absolute atomic E-state index is 0.140. The van der Waals surface area contributed by atoms with Crippen molar-refractivity contribution >= 4 is 52.7 Å². The van der Waals surface area contributed by atoms with Gasteiger partial charge in [-0.2, -0.15) is 0 Å². The quantitative estimate of drug-likeness (QED) is 0.330. The molecule has 4 aromatic rings. The van der Waals surface area contributed by atoms with Crippen LogP contribution in [0.15, 0.2) is 61.4 Å². The summed E-state index contributed by atoms with van der Waals surface area (Å²) in [6.45, 7) is -0.140. The number of carbonyl (C=O) groups is 1. The van der Waals surface area contributed by atoms with Crippen molar-refractivity contribution in [3.8, 4) is 22.5 Å². The molecule has 1 N–H and O–H groups in total. The van der Waals surface area contributed by atoms with Gasteiger partial charge in [-0.25, -0.2) is 0 Å². The molecule has 0 saturated carbocycles. The Bertz CT molecular complexity index is 1230. The maximum absolute atomic E-state index is 10.7. The molecule has 0 atom stereocenters. The normalized spacial score (nSPS) is 10.3.